The summed E-state index contributed by atoms with van der Waals surface area (Å²) < 4.78 is 5.30. The summed E-state index contributed by atoms with van der Waals surface area (Å²) >= 11 is 1.76. The number of carbonyl (C=O) groups is 2. The number of ether oxygens (including phenoxy) is 1. The third-order valence-corrected chi connectivity index (χ3v) is 4.99. The van der Waals surface area contributed by atoms with Crippen LogP contribution in [-0.4, -0.2) is 29.2 Å². The number of hydrogen-bond donors (Lipinski definition) is 1. The Morgan fingerprint density at radius 3 is 2.36 bits per heavy atom. The van der Waals surface area contributed by atoms with Crippen LogP contribution in [0, 0.1) is 13.8 Å². The molecule has 5 heteroatoms. The molecule has 132 valence electrons. The average Bonchev–Trinajstić information content (AvgIpc) is 2.56. The van der Waals surface area contributed by atoms with Crippen LogP contribution >= 0.6 is 11.8 Å². The molecular formula is C20H22O4S. The highest BCUT2D eigenvalue weighted by atomic mass is 32.2. The van der Waals surface area contributed by atoms with Crippen molar-refractivity contribution >= 4 is 23.5 Å². The number of aryl methyl sites for hydroxylation is 3. The van der Waals surface area contributed by atoms with Crippen molar-refractivity contribution in [2.24, 2.45) is 0 Å². The van der Waals surface area contributed by atoms with E-state index in [1.54, 1.807) is 18.7 Å². The summed E-state index contributed by atoms with van der Waals surface area (Å²) in [5, 5.41) is 8.71. The SMILES string of the molecule is CC(=O)c1ccc(CCSc2cc(C)c(OCC(=O)O)cc2C)cc1. The molecule has 0 aromatic heterocycles. The van der Waals surface area contributed by atoms with Crippen molar-refractivity contribution in [1.29, 1.82) is 0 Å². The van der Waals surface area contributed by atoms with E-state index in [4.69, 9.17) is 9.84 Å². The van der Waals surface area contributed by atoms with Gasteiger partial charge in [0.05, 0.1) is 0 Å². The summed E-state index contributed by atoms with van der Waals surface area (Å²) in [6, 6.07) is 11.7. The molecule has 0 spiro atoms. The maximum atomic E-state index is 11.3. The van der Waals surface area contributed by atoms with E-state index in [-0.39, 0.29) is 12.4 Å². The molecule has 0 fully saturated rings. The summed E-state index contributed by atoms with van der Waals surface area (Å²) in [5.74, 6) is 0.641. The first-order chi connectivity index (χ1) is 11.9. The van der Waals surface area contributed by atoms with Crippen LogP contribution in [0.3, 0.4) is 0 Å². The molecule has 1 N–H and O–H groups in total. The summed E-state index contributed by atoms with van der Waals surface area (Å²) in [4.78, 5) is 23.1. The van der Waals surface area contributed by atoms with Gasteiger partial charge in [0, 0.05) is 16.2 Å². The molecule has 2 aromatic rings. The second kappa shape index (κ2) is 8.72. The third-order valence-electron chi connectivity index (χ3n) is 3.83. The average molecular weight is 358 g/mol. The number of thioether (sulfide) groups is 1. The smallest absolute Gasteiger partial charge is 0.341 e. The number of ketones is 1. The molecule has 0 aliphatic rings. The first-order valence-electron chi connectivity index (χ1n) is 8.05. The van der Waals surface area contributed by atoms with Gasteiger partial charge in [-0.3, -0.25) is 4.79 Å². The van der Waals surface area contributed by atoms with Crippen LogP contribution in [0.4, 0.5) is 0 Å². The lowest BCUT2D eigenvalue weighted by Gasteiger charge is -2.12. The highest BCUT2D eigenvalue weighted by Crippen LogP contribution is 2.30. The van der Waals surface area contributed by atoms with E-state index in [0.29, 0.717) is 5.75 Å². The molecule has 25 heavy (non-hydrogen) atoms. The van der Waals surface area contributed by atoms with Crippen LogP contribution < -0.4 is 4.74 Å². The molecular weight excluding hydrogens is 336 g/mol. The predicted molar refractivity (Wildman–Crippen MR) is 99.9 cm³/mol. The Bertz CT molecular complexity index is 766. The van der Waals surface area contributed by atoms with Crippen molar-refractivity contribution in [3.05, 3.63) is 58.7 Å². The molecule has 0 aliphatic carbocycles. The minimum atomic E-state index is -0.980. The van der Waals surface area contributed by atoms with Crippen LogP contribution in [0.15, 0.2) is 41.3 Å². The highest BCUT2D eigenvalue weighted by Gasteiger charge is 2.08. The summed E-state index contributed by atoms with van der Waals surface area (Å²) in [6.07, 6.45) is 0.915. The van der Waals surface area contributed by atoms with E-state index < -0.39 is 5.97 Å². The highest BCUT2D eigenvalue weighted by molar-refractivity contribution is 7.99. The maximum absolute atomic E-state index is 11.3. The molecule has 2 rings (SSSR count). The van der Waals surface area contributed by atoms with Gasteiger partial charge in [-0.25, -0.2) is 4.79 Å². The van der Waals surface area contributed by atoms with E-state index in [2.05, 4.69) is 0 Å². The van der Waals surface area contributed by atoms with E-state index in [1.807, 2.05) is 50.2 Å². The lowest BCUT2D eigenvalue weighted by molar-refractivity contribution is -0.139. The zero-order chi connectivity index (χ0) is 18.4. The van der Waals surface area contributed by atoms with Crippen LogP contribution in [0.2, 0.25) is 0 Å². The molecule has 0 unspecified atom stereocenters. The van der Waals surface area contributed by atoms with Gasteiger partial charge in [-0.1, -0.05) is 24.3 Å². The second-order valence-corrected chi connectivity index (χ2v) is 7.05. The number of carboxylic acids is 1. The molecule has 0 bridgehead atoms. The van der Waals surface area contributed by atoms with Crippen LogP contribution in [0.25, 0.3) is 0 Å². The van der Waals surface area contributed by atoms with Crippen molar-refractivity contribution in [3.63, 3.8) is 0 Å². The lowest BCUT2D eigenvalue weighted by Crippen LogP contribution is -2.10. The molecule has 0 radical (unpaired) electrons. The van der Waals surface area contributed by atoms with Gasteiger partial charge >= 0.3 is 5.97 Å². The number of carboxylic acid groups (broad SMARTS) is 1. The summed E-state index contributed by atoms with van der Waals surface area (Å²) in [5.41, 5.74) is 3.94. The van der Waals surface area contributed by atoms with Crippen LogP contribution in [0.5, 0.6) is 5.75 Å². The van der Waals surface area contributed by atoms with Crippen molar-refractivity contribution in [3.8, 4) is 5.75 Å². The molecule has 0 atom stereocenters. The van der Waals surface area contributed by atoms with Crippen molar-refractivity contribution in [2.75, 3.05) is 12.4 Å². The fourth-order valence-electron chi connectivity index (χ4n) is 2.40. The number of hydrogen-bond acceptors (Lipinski definition) is 4. The summed E-state index contributed by atoms with van der Waals surface area (Å²) in [6.45, 7) is 5.15. The molecule has 0 amide bonds. The topological polar surface area (TPSA) is 63.6 Å². The lowest BCUT2D eigenvalue weighted by atomic mass is 10.1. The van der Waals surface area contributed by atoms with Crippen LogP contribution in [0.1, 0.15) is 34.0 Å². The Labute approximate surface area is 152 Å². The molecule has 0 heterocycles. The maximum Gasteiger partial charge on any atom is 0.341 e. The molecule has 4 nitrogen and oxygen atoms in total. The minimum absolute atomic E-state index is 0.0808. The monoisotopic (exact) mass is 358 g/mol. The van der Waals surface area contributed by atoms with Crippen molar-refractivity contribution < 1.29 is 19.4 Å². The van der Waals surface area contributed by atoms with Crippen molar-refractivity contribution in [2.45, 2.75) is 32.1 Å². The Morgan fingerprint density at radius 1 is 1.08 bits per heavy atom. The molecule has 2 aromatic carbocycles. The Morgan fingerprint density at radius 2 is 1.76 bits per heavy atom. The first kappa shape index (κ1) is 19.1. The first-order valence-corrected chi connectivity index (χ1v) is 9.04. The van der Waals surface area contributed by atoms with Gasteiger partial charge in [-0.15, -0.1) is 11.8 Å². The van der Waals surface area contributed by atoms with E-state index in [9.17, 15) is 9.59 Å². The fraction of sp³-hybridized carbons (Fsp3) is 0.300. The standard InChI is InChI=1S/C20H22O4S/c1-13-11-19(14(2)10-18(13)24-12-20(22)23)25-9-8-16-4-6-17(7-5-16)15(3)21/h4-7,10-11H,8-9,12H2,1-3H3,(H,22,23). The number of rotatable bonds is 8. The molecule has 0 saturated carbocycles. The number of Topliss-reactive ketones (excluding diaryl/α,β-unsaturated/α-hetero) is 1. The van der Waals surface area contributed by atoms with Crippen molar-refractivity contribution in [1.82, 2.24) is 0 Å². The largest absolute Gasteiger partial charge is 0.482 e. The van der Waals surface area contributed by atoms with E-state index in [0.717, 1.165) is 28.9 Å². The summed E-state index contributed by atoms with van der Waals surface area (Å²) in [7, 11) is 0. The number of carbonyl (C=O) groups excluding carboxylic acids is 1. The fourth-order valence-corrected chi connectivity index (χ4v) is 3.50. The quantitative estimate of drug-likeness (QED) is 0.563. The zero-order valence-electron chi connectivity index (χ0n) is 14.7. The van der Waals surface area contributed by atoms with Crippen LogP contribution in [-0.2, 0) is 11.2 Å². The van der Waals surface area contributed by atoms with Gasteiger partial charge < -0.3 is 9.84 Å². The zero-order valence-corrected chi connectivity index (χ0v) is 15.5. The van der Waals surface area contributed by atoms with Gasteiger partial charge in [0.15, 0.2) is 12.4 Å². The Balaban J connectivity index is 1.95. The molecule has 0 aliphatic heterocycles. The van der Waals surface area contributed by atoms with Gasteiger partial charge in [0.1, 0.15) is 5.75 Å². The normalized spacial score (nSPS) is 10.5. The van der Waals surface area contributed by atoms with Gasteiger partial charge in [-0.05, 0) is 56.0 Å². The predicted octanol–water partition coefficient (Wildman–Crippen LogP) is 4.30. The number of benzene rings is 2. The van der Waals surface area contributed by atoms with E-state index >= 15 is 0 Å². The third kappa shape index (κ3) is 5.64. The van der Waals surface area contributed by atoms with Gasteiger partial charge in [0.2, 0.25) is 0 Å². The molecule has 0 saturated heterocycles. The number of aliphatic carboxylic acids is 1. The minimum Gasteiger partial charge on any atom is -0.482 e. The Kier molecular flexibility index (Phi) is 6.65. The van der Waals surface area contributed by atoms with Gasteiger partial charge in [0.25, 0.3) is 0 Å². The van der Waals surface area contributed by atoms with E-state index in [1.165, 1.54) is 10.5 Å². The van der Waals surface area contributed by atoms with Gasteiger partial charge in [-0.2, -0.15) is 0 Å². The second-order valence-electron chi connectivity index (χ2n) is 5.92. The Hall–Kier alpha value is -2.27.